The van der Waals surface area contributed by atoms with Crippen LogP contribution in [0.25, 0.3) is 11.0 Å². The minimum absolute atomic E-state index is 0.0637. The summed E-state index contributed by atoms with van der Waals surface area (Å²) in [6, 6.07) is 17.4. The predicted octanol–water partition coefficient (Wildman–Crippen LogP) is 6.02. The number of Topliss-reactive ketones (excluding diaryl/α,β-unsaturated/α-hetero) is 1. The molecular formula is C26H17ClFNO5. The number of carbonyl (C=O) groups excluding carboxylic acids is 2. The molecule has 0 fully saturated rings. The lowest BCUT2D eigenvalue weighted by Crippen LogP contribution is -2.31. The van der Waals surface area contributed by atoms with E-state index in [0.29, 0.717) is 33.0 Å². The van der Waals surface area contributed by atoms with Crippen LogP contribution in [-0.4, -0.2) is 23.9 Å². The van der Waals surface area contributed by atoms with Crippen molar-refractivity contribution in [3.63, 3.8) is 0 Å². The molecule has 1 aliphatic heterocycles. The van der Waals surface area contributed by atoms with Gasteiger partial charge in [-0.2, -0.15) is 0 Å². The molecule has 0 bridgehead atoms. The van der Waals surface area contributed by atoms with E-state index in [2.05, 4.69) is 0 Å². The van der Waals surface area contributed by atoms with Gasteiger partial charge in [-0.1, -0.05) is 29.8 Å². The van der Waals surface area contributed by atoms with Gasteiger partial charge in [-0.05, 0) is 54.1 Å². The van der Waals surface area contributed by atoms with Gasteiger partial charge in [-0.15, -0.1) is 0 Å². The first-order valence-corrected chi connectivity index (χ1v) is 10.6. The van der Waals surface area contributed by atoms with Crippen molar-refractivity contribution in [2.24, 2.45) is 0 Å². The molecule has 170 valence electrons. The third-order valence-electron chi connectivity index (χ3n) is 5.67. The SMILES string of the molecule is COc1cccc(N2C(=O)C(O)=C(C(=O)c3cc4cc(Cl)ccc4o3)C2c2ccc(F)cc2)c1. The van der Waals surface area contributed by atoms with Crippen LogP contribution in [0.1, 0.15) is 22.2 Å². The van der Waals surface area contributed by atoms with Crippen molar-refractivity contribution >= 4 is 39.9 Å². The Morgan fingerprint density at radius 1 is 1.09 bits per heavy atom. The van der Waals surface area contributed by atoms with Crippen LogP contribution < -0.4 is 9.64 Å². The maximum Gasteiger partial charge on any atom is 0.294 e. The van der Waals surface area contributed by atoms with Crippen LogP contribution in [-0.2, 0) is 4.79 Å². The molecule has 0 spiro atoms. The van der Waals surface area contributed by atoms with E-state index in [1.54, 1.807) is 42.5 Å². The molecule has 2 heterocycles. The molecule has 1 aliphatic rings. The third-order valence-corrected chi connectivity index (χ3v) is 5.91. The third kappa shape index (κ3) is 3.60. The second-order valence-corrected chi connectivity index (χ2v) is 8.15. The number of ether oxygens (including phenoxy) is 1. The fourth-order valence-corrected chi connectivity index (χ4v) is 4.26. The molecule has 1 N–H and O–H groups in total. The normalized spacial score (nSPS) is 15.9. The van der Waals surface area contributed by atoms with Crippen LogP contribution in [0.15, 0.2) is 88.5 Å². The minimum atomic E-state index is -1.02. The smallest absolute Gasteiger partial charge is 0.294 e. The molecule has 6 nitrogen and oxygen atoms in total. The van der Waals surface area contributed by atoms with E-state index in [4.69, 9.17) is 20.8 Å². The van der Waals surface area contributed by atoms with Gasteiger partial charge >= 0.3 is 0 Å². The number of ketones is 1. The molecule has 3 aromatic carbocycles. The zero-order chi connectivity index (χ0) is 24.0. The topological polar surface area (TPSA) is 80.0 Å². The zero-order valence-corrected chi connectivity index (χ0v) is 18.5. The standard InChI is InChI=1S/C26H17ClFNO5/c1-33-19-4-2-3-18(13-19)29-23(14-5-8-17(28)9-6-14)22(25(31)26(29)32)24(30)21-12-15-11-16(27)7-10-20(15)34-21/h2-13,23,31H,1H3. The Morgan fingerprint density at radius 2 is 1.85 bits per heavy atom. The molecule has 0 saturated carbocycles. The molecule has 5 rings (SSSR count). The highest BCUT2D eigenvalue weighted by molar-refractivity contribution is 6.31. The lowest BCUT2D eigenvalue weighted by molar-refractivity contribution is -0.117. The van der Waals surface area contributed by atoms with Crippen molar-refractivity contribution < 1.29 is 28.2 Å². The summed E-state index contributed by atoms with van der Waals surface area (Å²) < 4.78 is 24.6. The summed E-state index contributed by atoms with van der Waals surface area (Å²) in [7, 11) is 1.49. The molecule has 1 amide bonds. The molecule has 8 heteroatoms. The summed E-state index contributed by atoms with van der Waals surface area (Å²) in [5, 5.41) is 11.9. The van der Waals surface area contributed by atoms with Gasteiger partial charge in [-0.3, -0.25) is 14.5 Å². The van der Waals surface area contributed by atoms with E-state index >= 15 is 0 Å². The summed E-state index contributed by atoms with van der Waals surface area (Å²) in [6.07, 6.45) is 0. The number of carbonyl (C=O) groups is 2. The van der Waals surface area contributed by atoms with E-state index in [1.807, 2.05) is 0 Å². The van der Waals surface area contributed by atoms with E-state index in [9.17, 15) is 19.1 Å². The number of fused-ring (bicyclic) bond motifs is 1. The van der Waals surface area contributed by atoms with E-state index in [0.717, 1.165) is 0 Å². The first-order valence-electron chi connectivity index (χ1n) is 10.3. The molecular weight excluding hydrogens is 461 g/mol. The summed E-state index contributed by atoms with van der Waals surface area (Å²) in [6.45, 7) is 0. The van der Waals surface area contributed by atoms with E-state index in [-0.39, 0.29) is 11.3 Å². The van der Waals surface area contributed by atoms with Gasteiger partial charge in [-0.25, -0.2) is 4.39 Å². The van der Waals surface area contributed by atoms with Gasteiger partial charge in [0.25, 0.3) is 5.91 Å². The lowest BCUT2D eigenvalue weighted by atomic mass is 9.94. The minimum Gasteiger partial charge on any atom is -0.503 e. The lowest BCUT2D eigenvalue weighted by Gasteiger charge is -2.27. The number of anilines is 1. The van der Waals surface area contributed by atoms with Gasteiger partial charge in [0, 0.05) is 22.2 Å². The van der Waals surface area contributed by atoms with Crippen LogP contribution >= 0.6 is 11.6 Å². The number of rotatable bonds is 5. The molecule has 1 unspecified atom stereocenters. The number of halogens is 2. The number of benzene rings is 3. The van der Waals surface area contributed by atoms with Gasteiger partial charge < -0.3 is 14.3 Å². The average molecular weight is 478 g/mol. The Hall–Kier alpha value is -4.10. The Kier molecular flexibility index (Phi) is 5.34. The van der Waals surface area contributed by atoms with Crippen LogP contribution in [0.3, 0.4) is 0 Å². The first-order chi connectivity index (χ1) is 16.4. The summed E-state index contributed by atoms with van der Waals surface area (Å²) >= 11 is 6.04. The molecule has 0 aliphatic carbocycles. The summed E-state index contributed by atoms with van der Waals surface area (Å²) in [4.78, 5) is 28.1. The molecule has 4 aromatic rings. The largest absolute Gasteiger partial charge is 0.503 e. The molecule has 0 radical (unpaired) electrons. The molecule has 1 atom stereocenters. The first kappa shape index (κ1) is 21.7. The van der Waals surface area contributed by atoms with E-state index in [1.165, 1.54) is 42.3 Å². The quantitative estimate of drug-likeness (QED) is 0.356. The second-order valence-electron chi connectivity index (χ2n) is 7.71. The molecule has 1 aromatic heterocycles. The van der Waals surface area contributed by atoms with Gasteiger partial charge in [0.15, 0.2) is 11.5 Å². The molecule has 34 heavy (non-hydrogen) atoms. The van der Waals surface area contributed by atoms with Crippen molar-refractivity contribution in [3.05, 3.63) is 106 Å². The van der Waals surface area contributed by atoms with E-state index < -0.39 is 29.3 Å². The highest BCUT2D eigenvalue weighted by Crippen LogP contribution is 2.43. The van der Waals surface area contributed by atoms with Gasteiger partial charge in [0.2, 0.25) is 5.78 Å². The Labute approximate surface area is 198 Å². The van der Waals surface area contributed by atoms with Crippen molar-refractivity contribution in [1.29, 1.82) is 0 Å². The second kappa shape index (κ2) is 8.35. The highest BCUT2D eigenvalue weighted by Gasteiger charge is 2.45. The number of hydrogen-bond acceptors (Lipinski definition) is 5. The Bertz CT molecular complexity index is 1470. The van der Waals surface area contributed by atoms with Crippen molar-refractivity contribution in [2.45, 2.75) is 6.04 Å². The maximum atomic E-state index is 13.7. The maximum absolute atomic E-state index is 13.7. The van der Waals surface area contributed by atoms with Crippen LogP contribution in [0, 0.1) is 5.82 Å². The average Bonchev–Trinajstić information content (AvgIpc) is 3.37. The fraction of sp³-hybridized carbons (Fsp3) is 0.0769. The Balaban J connectivity index is 1.66. The number of methoxy groups -OCH3 is 1. The van der Waals surface area contributed by atoms with Crippen molar-refractivity contribution in [1.82, 2.24) is 0 Å². The van der Waals surface area contributed by atoms with Crippen LogP contribution in [0.4, 0.5) is 10.1 Å². The number of aliphatic hydroxyl groups is 1. The zero-order valence-electron chi connectivity index (χ0n) is 17.8. The Morgan fingerprint density at radius 3 is 2.59 bits per heavy atom. The fourth-order valence-electron chi connectivity index (χ4n) is 4.08. The summed E-state index contributed by atoms with van der Waals surface area (Å²) in [5.74, 6) is -2.21. The van der Waals surface area contributed by atoms with Crippen molar-refractivity contribution in [2.75, 3.05) is 12.0 Å². The van der Waals surface area contributed by atoms with Gasteiger partial charge in [0.05, 0.1) is 18.7 Å². The van der Waals surface area contributed by atoms with Crippen molar-refractivity contribution in [3.8, 4) is 5.75 Å². The summed E-state index contributed by atoms with van der Waals surface area (Å²) in [5.41, 5.74) is 1.08. The van der Waals surface area contributed by atoms with Gasteiger partial charge in [0.1, 0.15) is 17.1 Å². The van der Waals surface area contributed by atoms with Crippen LogP contribution in [0.5, 0.6) is 5.75 Å². The monoisotopic (exact) mass is 477 g/mol. The number of amides is 1. The number of furan rings is 1. The number of hydrogen-bond donors (Lipinski definition) is 1. The van der Waals surface area contributed by atoms with Crippen LogP contribution in [0.2, 0.25) is 5.02 Å². The predicted molar refractivity (Wildman–Crippen MR) is 125 cm³/mol. The number of aliphatic hydroxyl groups excluding tert-OH is 1. The number of nitrogens with zero attached hydrogens (tertiary/aromatic N) is 1. The molecule has 0 saturated heterocycles. The highest BCUT2D eigenvalue weighted by atomic mass is 35.5.